The van der Waals surface area contributed by atoms with Gasteiger partial charge in [0.15, 0.2) is 5.82 Å². The molecule has 9 heteroatoms. The van der Waals surface area contributed by atoms with E-state index in [-0.39, 0.29) is 11.4 Å². The predicted octanol–water partition coefficient (Wildman–Crippen LogP) is 7.79. The van der Waals surface area contributed by atoms with Gasteiger partial charge in [-0.1, -0.05) is 38.5 Å². The minimum absolute atomic E-state index is 0.0202. The third-order valence-corrected chi connectivity index (χ3v) is 5.23. The van der Waals surface area contributed by atoms with Gasteiger partial charge in [0.25, 0.3) is 0 Å². The van der Waals surface area contributed by atoms with Gasteiger partial charge in [0.05, 0.1) is 11.1 Å². The Morgan fingerprint density at radius 3 is 1.83 bits per heavy atom. The number of aromatic nitrogens is 2. The molecular weight excluding hydrogens is 473 g/mol. The molecule has 0 aliphatic heterocycles. The zero-order valence-corrected chi connectivity index (χ0v) is 18.7. The van der Waals surface area contributed by atoms with Crippen LogP contribution in [0, 0.1) is 35.1 Å². The Hall–Kier alpha value is -3.41. The Kier molecular flexibility index (Phi) is 8.49. The van der Waals surface area contributed by atoms with Crippen LogP contribution in [0.1, 0.15) is 50.2 Å². The third kappa shape index (κ3) is 7.04. The van der Waals surface area contributed by atoms with E-state index in [2.05, 4.69) is 16.9 Å². The fraction of sp³-hybridized carbons (Fsp3) is 0.308. The zero-order chi connectivity index (χ0) is 25.6. The highest BCUT2D eigenvalue weighted by molar-refractivity contribution is 5.70. The van der Waals surface area contributed by atoms with Crippen LogP contribution in [-0.4, -0.2) is 16.1 Å². The fourth-order valence-corrected chi connectivity index (χ4v) is 3.51. The van der Waals surface area contributed by atoms with E-state index in [9.17, 15) is 30.7 Å². The maximum atomic E-state index is 14.8. The van der Waals surface area contributed by atoms with Crippen molar-refractivity contribution in [1.82, 2.24) is 9.97 Å². The highest BCUT2D eigenvalue weighted by Crippen LogP contribution is 2.32. The standard InChI is InChI=1S/C26H21F7N2/c1-2-3-4-5-6-7-16-14-34-25(35-15-16)18-12-22(29)24(23(30)13-18)17-10-20(27)19(21(28)11-17)8-9-26(31,32)33/h10-15H,2-7H2,1H3. The molecule has 0 atom stereocenters. The average Bonchev–Trinajstić information content (AvgIpc) is 2.77. The van der Waals surface area contributed by atoms with Crippen LogP contribution in [-0.2, 0) is 6.42 Å². The van der Waals surface area contributed by atoms with Crippen molar-refractivity contribution in [1.29, 1.82) is 0 Å². The summed E-state index contributed by atoms with van der Waals surface area (Å²) in [6, 6.07) is 2.89. The first kappa shape index (κ1) is 26.2. The van der Waals surface area contributed by atoms with Gasteiger partial charge in [0.1, 0.15) is 23.3 Å². The molecule has 35 heavy (non-hydrogen) atoms. The molecule has 2 nitrogen and oxygen atoms in total. The fourth-order valence-electron chi connectivity index (χ4n) is 3.51. The summed E-state index contributed by atoms with van der Waals surface area (Å²) in [7, 11) is 0. The van der Waals surface area contributed by atoms with Crippen molar-refractivity contribution in [2.75, 3.05) is 0 Å². The number of rotatable bonds is 8. The highest BCUT2D eigenvalue weighted by atomic mass is 19.4. The summed E-state index contributed by atoms with van der Waals surface area (Å²) in [5.41, 5.74) is -1.51. The van der Waals surface area contributed by atoms with E-state index in [0.29, 0.717) is 12.1 Å². The van der Waals surface area contributed by atoms with Gasteiger partial charge >= 0.3 is 6.18 Å². The lowest BCUT2D eigenvalue weighted by molar-refractivity contribution is -0.0696. The molecule has 184 valence electrons. The molecule has 0 unspecified atom stereocenters. The number of unbranched alkanes of at least 4 members (excludes halogenated alkanes) is 4. The van der Waals surface area contributed by atoms with Gasteiger partial charge in [-0.15, -0.1) is 0 Å². The van der Waals surface area contributed by atoms with E-state index in [0.717, 1.165) is 55.7 Å². The molecule has 3 rings (SSSR count). The summed E-state index contributed by atoms with van der Waals surface area (Å²) in [6.45, 7) is 2.13. The van der Waals surface area contributed by atoms with E-state index in [1.54, 1.807) is 12.4 Å². The summed E-state index contributed by atoms with van der Waals surface area (Å²) < 4.78 is 94.6. The first-order valence-electron chi connectivity index (χ1n) is 11.0. The maximum Gasteiger partial charge on any atom is 0.458 e. The number of hydrogen-bond acceptors (Lipinski definition) is 2. The summed E-state index contributed by atoms with van der Waals surface area (Å²) in [5, 5.41) is 0. The largest absolute Gasteiger partial charge is 0.458 e. The topological polar surface area (TPSA) is 25.8 Å². The normalized spacial score (nSPS) is 11.3. The first-order valence-corrected chi connectivity index (χ1v) is 11.0. The van der Waals surface area contributed by atoms with Gasteiger partial charge < -0.3 is 0 Å². The molecule has 0 N–H and O–H groups in total. The van der Waals surface area contributed by atoms with Crippen molar-refractivity contribution in [2.24, 2.45) is 0 Å². The van der Waals surface area contributed by atoms with Gasteiger partial charge in [-0.05, 0) is 48.2 Å². The lowest BCUT2D eigenvalue weighted by Gasteiger charge is -2.10. The lowest BCUT2D eigenvalue weighted by Crippen LogP contribution is -2.03. The second kappa shape index (κ2) is 11.3. The van der Waals surface area contributed by atoms with Gasteiger partial charge in [-0.2, -0.15) is 13.2 Å². The van der Waals surface area contributed by atoms with E-state index in [1.165, 1.54) is 12.3 Å². The van der Waals surface area contributed by atoms with Crippen molar-refractivity contribution >= 4 is 0 Å². The zero-order valence-electron chi connectivity index (χ0n) is 18.7. The summed E-state index contributed by atoms with van der Waals surface area (Å²) in [6.07, 6.45) is 4.53. The monoisotopic (exact) mass is 494 g/mol. The molecule has 1 aromatic heterocycles. The highest BCUT2D eigenvalue weighted by Gasteiger charge is 2.24. The van der Waals surface area contributed by atoms with Crippen molar-refractivity contribution in [2.45, 2.75) is 51.6 Å². The van der Waals surface area contributed by atoms with Crippen molar-refractivity contribution in [3.8, 4) is 34.4 Å². The molecule has 2 aromatic carbocycles. The number of benzene rings is 2. The van der Waals surface area contributed by atoms with Crippen LogP contribution >= 0.6 is 0 Å². The Labute approximate surface area is 198 Å². The average molecular weight is 494 g/mol. The first-order chi connectivity index (χ1) is 16.6. The molecule has 0 saturated carbocycles. The molecule has 0 aliphatic rings. The Morgan fingerprint density at radius 2 is 1.29 bits per heavy atom. The molecule has 0 saturated heterocycles. The van der Waals surface area contributed by atoms with Gasteiger partial charge in [0.2, 0.25) is 0 Å². The molecule has 0 fully saturated rings. The quantitative estimate of drug-likeness (QED) is 0.181. The van der Waals surface area contributed by atoms with Crippen molar-refractivity contribution < 1.29 is 30.7 Å². The number of alkyl halides is 3. The smallest absolute Gasteiger partial charge is 0.236 e. The van der Waals surface area contributed by atoms with Crippen molar-refractivity contribution in [3.05, 3.63) is 71.1 Å². The van der Waals surface area contributed by atoms with Crippen LogP contribution in [0.25, 0.3) is 22.5 Å². The van der Waals surface area contributed by atoms with E-state index < -0.39 is 46.1 Å². The Balaban J connectivity index is 1.83. The molecule has 0 amide bonds. The SMILES string of the molecule is CCCCCCCc1cnc(-c2cc(F)c(-c3cc(F)c(C#CC(F)(F)F)c(F)c3)c(F)c2)nc1. The number of aryl methyl sites for hydroxylation is 1. The summed E-state index contributed by atoms with van der Waals surface area (Å²) in [4.78, 5) is 8.31. The molecule has 3 aromatic rings. The predicted molar refractivity (Wildman–Crippen MR) is 118 cm³/mol. The van der Waals surface area contributed by atoms with Crippen molar-refractivity contribution in [3.63, 3.8) is 0 Å². The lowest BCUT2D eigenvalue weighted by atomic mass is 9.99. The van der Waals surface area contributed by atoms with Gasteiger partial charge in [0, 0.05) is 23.9 Å². The van der Waals surface area contributed by atoms with Gasteiger partial charge in [-0.25, -0.2) is 27.5 Å². The van der Waals surface area contributed by atoms with Crippen LogP contribution < -0.4 is 0 Å². The second-order valence-corrected chi connectivity index (χ2v) is 7.96. The summed E-state index contributed by atoms with van der Waals surface area (Å²) in [5.74, 6) is -3.06. The van der Waals surface area contributed by atoms with E-state index in [1.807, 2.05) is 0 Å². The minimum Gasteiger partial charge on any atom is -0.236 e. The Bertz CT molecular complexity index is 1190. The Morgan fingerprint density at radius 1 is 0.743 bits per heavy atom. The minimum atomic E-state index is -4.96. The molecule has 0 spiro atoms. The number of nitrogens with zero attached hydrogens (tertiary/aromatic N) is 2. The van der Waals surface area contributed by atoms with Crippen LogP contribution in [0.2, 0.25) is 0 Å². The molecular formula is C26H21F7N2. The molecule has 0 radical (unpaired) electrons. The molecule has 1 heterocycles. The second-order valence-electron chi connectivity index (χ2n) is 7.96. The van der Waals surface area contributed by atoms with Crippen LogP contribution in [0.4, 0.5) is 30.7 Å². The van der Waals surface area contributed by atoms with Crippen LogP contribution in [0.3, 0.4) is 0 Å². The number of hydrogen-bond donors (Lipinski definition) is 0. The molecule has 0 bridgehead atoms. The third-order valence-electron chi connectivity index (χ3n) is 5.23. The van der Waals surface area contributed by atoms with E-state index >= 15 is 0 Å². The van der Waals surface area contributed by atoms with Gasteiger partial charge in [-0.3, -0.25) is 0 Å². The molecule has 0 aliphatic carbocycles. The van der Waals surface area contributed by atoms with E-state index in [4.69, 9.17) is 0 Å². The van der Waals surface area contributed by atoms with Crippen LogP contribution in [0.5, 0.6) is 0 Å². The maximum absolute atomic E-state index is 14.8. The number of halogens is 7. The summed E-state index contributed by atoms with van der Waals surface area (Å²) >= 11 is 0. The van der Waals surface area contributed by atoms with Crippen LogP contribution in [0.15, 0.2) is 36.7 Å².